The van der Waals surface area contributed by atoms with Gasteiger partial charge in [0.2, 0.25) is 0 Å². The smallest absolute Gasteiger partial charge is 0.382 e. The standard InChI is InChI=1S/C30H37F6N3O3/c1-20-4-5-22(12-21(20)2)13-26-17-37(6-7-38-10-11-42-27(18-38)19-41-3)8-9-39(26)28(40)23-14-24(29(31,32)33)16-25(15-23)30(34,35)36/h4-5,12,14-16,26-27H,6-11,13,17-19H2,1-3H3/t26-,27+/m1/s1. The van der Waals surface area contributed by atoms with Crippen LogP contribution in [0.5, 0.6) is 0 Å². The highest BCUT2D eigenvalue weighted by Gasteiger charge is 2.39. The second-order valence-electron chi connectivity index (χ2n) is 11.1. The maximum atomic E-state index is 13.6. The fourth-order valence-corrected chi connectivity index (χ4v) is 5.56. The SMILES string of the molecule is COC[C@@H]1CN(CCN2CCN(C(=O)c3cc(C(F)(F)F)cc(C(F)(F)F)c3)[C@H](Cc3ccc(C)c(C)c3)C2)CCO1. The molecular weight excluding hydrogens is 564 g/mol. The predicted octanol–water partition coefficient (Wildman–Crippen LogP) is 5.06. The van der Waals surface area contributed by atoms with Crippen LogP contribution >= 0.6 is 0 Å². The summed E-state index contributed by atoms with van der Waals surface area (Å²) in [6, 6.07) is 6.56. The normalized spacial score (nSPS) is 21.1. The first-order chi connectivity index (χ1) is 19.7. The van der Waals surface area contributed by atoms with Crippen LogP contribution in [0.2, 0.25) is 0 Å². The van der Waals surface area contributed by atoms with Crippen molar-refractivity contribution in [3.05, 3.63) is 69.8 Å². The van der Waals surface area contributed by atoms with Crippen molar-refractivity contribution in [2.75, 3.05) is 66.1 Å². The van der Waals surface area contributed by atoms with Gasteiger partial charge in [-0.1, -0.05) is 18.2 Å². The van der Waals surface area contributed by atoms with E-state index in [4.69, 9.17) is 9.47 Å². The number of morpholine rings is 1. The molecular formula is C30H37F6N3O3. The lowest BCUT2D eigenvalue weighted by Gasteiger charge is -2.43. The average molecular weight is 602 g/mol. The van der Waals surface area contributed by atoms with Gasteiger partial charge >= 0.3 is 12.4 Å². The third kappa shape index (κ3) is 8.24. The van der Waals surface area contributed by atoms with Gasteiger partial charge in [0.05, 0.1) is 30.4 Å². The molecule has 232 valence electrons. The molecule has 0 saturated carbocycles. The third-order valence-electron chi connectivity index (χ3n) is 8.01. The minimum absolute atomic E-state index is 0.00945. The number of amides is 1. The zero-order valence-corrected chi connectivity index (χ0v) is 24.0. The number of halogens is 6. The number of alkyl halides is 6. The zero-order valence-electron chi connectivity index (χ0n) is 24.0. The van der Waals surface area contributed by atoms with Crippen LogP contribution in [0.15, 0.2) is 36.4 Å². The number of benzene rings is 2. The number of nitrogens with zero attached hydrogens (tertiary/aromatic N) is 3. The molecule has 0 radical (unpaired) electrons. The molecule has 2 atom stereocenters. The van der Waals surface area contributed by atoms with Crippen LogP contribution in [0.4, 0.5) is 26.3 Å². The maximum absolute atomic E-state index is 13.6. The van der Waals surface area contributed by atoms with Gasteiger partial charge in [-0.05, 0) is 55.2 Å². The summed E-state index contributed by atoms with van der Waals surface area (Å²) < 4.78 is 92.0. The molecule has 2 fully saturated rings. The summed E-state index contributed by atoms with van der Waals surface area (Å²) >= 11 is 0. The maximum Gasteiger partial charge on any atom is 0.416 e. The molecule has 6 nitrogen and oxygen atoms in total. The van der Waals surface area contributed by atoms with Gasteiger partial charge in [-0.15, -0.1) is 0 Å². The summed E-state index contributed by atoms with van der Waals surface area (Å²) in [6.45, 7) is 9.09. The van der Waals surface area contributed by atoms with Crippen LogP contribution in [0.1, 0.15) is 38.2 Å². The molecule has 2 heterocycles. The van der Waals surface area contributed by atoms with E-state index in [0.717, 1.165) is 36.3 Å². The van der Waals surface area contributed by atoms with E-state index in [0.29, 0.717) is 51.4 Å². The van der Waals surface area contributed by atoms with Gasteiger partial charge in [0.25, 0.3) is 5.91 Å². The Balaban J connectivity index is 1.56. The fourth-order valence-electron chi connectivity index (χ4n) is 5.56. The van der Waals surface area contributed by atoms with Gasteiger partial charge in [0.15, 0.2) is 0 Å². The van der Waals surface area contributed by atoms with E-state index >= 15 is 0 Å². The van der Waals surface area contributed by atoms with Gasteiger partial charge in [0, 0.05) is 64.5 Å². The number of rotatable bonds is 8. The van der Waals surface area contributed by atoms with Crippen molar-refractivity contribution < 1.29 is 40.6 Å². The van der Waals surface area contributed by atoms with Crippen LogP contribution in [-0.2, 0) is 28.2 Å². The van der Waals surface area contributed by atoms with E-state index in [9.17, 15) is 31.1 Å². The minimum atomic E-state index is -5.03. The quantitative estimate of drug-likeness (QED) is 0.396. The molecule has 12 heteroatoms. The Morgan fingerprint density at radius 1 is 0.881 bits per heavy atom. The van der Waals surface area contributed by atoms with E-state index in [1.165, 1.54) is 4.90 Å². The lowest BCUT2D eigenvalue weighted by atomic mass is 9.97. The summed E-state index contributed by atoms with van der Waals surface area (Å²) in [5.41, 5.74) is -0.516. The second kappa shape index (κ2) is 13.3. The first-order valence-electron chi connectivity index (χ1n) is 14.0. The molecule has 0 aromatic heterocycles. The molecule has 2 aliphatic rings. The van der Waals surface area contributed by atoms with Crippen LogP contribution in [0, 0.1) is 13.8 Å². The summed E-state index contributed by atoms with van der Waals surface area (Å²) in [6.07, 6.45) is -9.66. The number of aryl methyl sites for hydroxylation is 2. The van der Waals surface area contributed by atoms with Crippen LogP contribution in [-0.4, -0.2) is 98.9 Å². The number of carbonyl (C=O) groups is 1. The molecule has 42 heavy (non-hydrogen) atoms. The first-order valence-corrected chi connectivity index (χ1v) is 14.0. The van der Waals surface area contributed by atoms with Crippen LogP contribution in [0.3, 0.4) is 0 Å². The molecule has 4 rings (SSSR count). The number of methoxy groups -OCH3 is 1. The molecule has 0 N–H and O–H groups in total. The molecule has 2 saturated heterocycles. The highest BCUT2D eigenvalue weighted by atomic mass is 19.4. The van der Waals surface area contributed by atoms with Gasteiger partial charge < -0.3 is 14.4 Å². The molecule has 0 spiro atoms. The lowest BCUT2D eigenvalue weighted by Crippen LogP contribution is -2.57. The summed E-state index contributed by atoms with van der Waals surface area (Å²) in [5.74, 6) is -0.837. The number of hydrogen-bond acceptors (Lipinski definition) is 5. The van der Waals surface area contributed by atoms with E-state index < -0.39 is 41.0 Å². The fraction of sp³-hybridized carbons (Fsp3) is 0.567. The van der Waals surface area contributed by atoms with Crippen molar-refractivity contribution in [1.29, 1.82) is 0 Å². The predicted molar refractivity (Wildman–Crippen MR) is 145 cm³/mol. The molecule has 2 aromatic rings. The van der Waals surface area contributed by atoms with E-state index in [1.54, 1.807) is 7.11 Å². The Labute approximate surface area is 242 Å². The molecule has 2 aromatic carbocycles. The van der Waals surface area contributed by atoms with Gasteiger partial charge in [0.1, 0.15) is 0 Å². The minimum Gasteiger partial charge on any atom is -0.382 e. The van der Waals surface area contributed by atoms with E-state index in [2.05, 4.69) is 9.80 Å². The Kier molecular flexibility index (Phi) is 10.2. The molecule has 0 unspecified atom stereocenters. The Hall–Kier alpha value is -2.67. The average Bonchev–Trinajstić information content (AvgIpc) is 2.93. The Bertz CT molecular complexity index is 1200. The van der Waals surface area contributed by atoms with Crippen molar-refractivity contribution >= 4 is 5.91 Å². The first kappa shape index (κ1) is 32.2. The van der Waals surface area contributed by atoms with Gasteiger partial charge in [-0.3, -0.25) is 14.6 Å². The van der Waals surface area contributed by atoms with Crippen molar-refractivity contribution in [1.82, 2.24) is 14.7 Å². The van der Waals surface area contributed by atoms with Crippen molar-refractivity contribution in [2.24, 2.45) is 0 Å². The van der Waals surface area contributed by atoms with Gasteiger partial charge in [-0.2, -0.15) is 26.3 Å². The van der Waals surface area contributed by atoms with Crippen molar-refractivity contribution in [2.45, 2.75) is 44.8 Å². The van der Waals surface area contributed by atoms with Crippen molar-refractivity contribution in [3.8, 4) is 0 Å². The summed E-state index contributed by atoms with van der Waals surface area (Å²) in [4.78, 5) is 19.5. The van der Waals surface area contributed by atoms with Crippen LogP contribution < -0.4 is 0 Å². The zero-order chi connectivity index (χ0) is 30.7. The summed E-state index contributed by atoms with van der Waals surface area (Å²) in [5, 5.41) is 0. The van der Waals surface area contributed by atoms with Crippen molar-refractivity contribution in [3.63, 3.8) is 0 Å². The number of carbonyl (C=O) groups excluding carboxylic acids is 1. The monoisotopic (exact) mass is 601 g/mol. The molecule has 1 amide bonds. The number of ether oxygens (including phenoxy) is 2. The highest BCUT2D eigenvalue weighted by molar-refractivity contribution is 5.95. The Morgan fingerprint density at radius 2 is 1.52 bits per heavy atom. The number of hydrogen-bond donors (Lipinski definition) is 0. The third-order valence-corrected chi connectivity index (χ3v) is 8.01. The lowest BCUT2D eigenvalue weighted by molar-refractivity contribution is -0.143. The van der Waals surface area contributed by atoms with Crippen LogP contribution in [0.25, 0.3) is 0 Å². The molecule has 2 aliphatic heterocycles. The topological polar surface area (TPSA) is 45.2 Å². The molecule has 0 aliphatic carbocycles. The van der Waals surface area contributed by atoms with E-state index in [-0.39, 0.29) is 18.7 Å². The highest BCUT2D eigenvalue weighted by Crippen LogP contribution is 2.37. The number of piperazine rings is 1. The van der Waals surface area contributed by atoms with Gasteiger partial charge in [-0.25, -0.2) is 0 Å². The largest absolute Gasteiger partial charge is 0.416 e. The molecule has 0 bridgehead atoms. The van der Waals surface area contributed by atoms with E-state index in [1.807, 2.05) is 32.0 Å². The second-order valence-corrected chi connectivity index (χ2v) is 11.1. The summed E-state index contributed by atoms with van der Waals surface area (Å²) in [7, 11) is 1.63. The Morgan fingerprint density at radius 3 is 2.12 bits per heavy atom.